The Kier molecular flexibility index (Phi) is 7.61. The first-order valence-electron chi connectivity index (χ1n) is 11.0. The fourth-order valence-electron chi connectivity index (χ4n) is 3.72. The van der Waals surface area contributed by atoms with E-state index in [0.29, 0.717) is 11.5 Å². The number of hydrogen-bond donors (Lipinski definition) is 2. The van der Waals surface area contributed by atoms with Gasteiger partial charge in [-0.15, -0.1) is 0 Å². The summed E-state index contributed by atoms with van der Waals surface area (Å²) < 4.78 is 11.3. The smallest absolute Gasteiger partial charge is 0.327 e. The molecule has 3 rings (SSSR count). The number of carbonyl (C=O) groups is 2. The molecule has 8 nitrogen and oxygen atoms in total. The highest BCUT2D eigenvalue weighted by molar-refractivity contribution is 6.06. The van der Waals surface area contributed by atoms with Crippen LogP contribution in [0, 0.1) is 13.8 Å². The summed E-state index contributed by atoms with van der Waals surface area (Å²) in [6.45, 7) is 6.69. The molecule has 2 aromatic rings. The molecule has 0 saturated carbocycles. The van der Waals surface area contributed by atoms with E-state index in [2.05, 4.69) is 0 Å². The Labute approximate surface area is 194 Å². The number of hydrogen-bond acceptors (Lipinski definition) is 6. The van der Waals surface area contributed by atoms with Crippen LogP contribution in [0.4, 0.5) is 4.79 Å². The van der Waals surface area contributed by atoms with Gasteiger partial charge >= 0.3 is 6.03 Å². The molecule has 0 spiro atoms. The number of carbonyl (C=O) groups excluding carboxylic acids is 2. The van der Waals surface area contributed by atoms with E-state index in [4.69, 9.17) is 9.47 Å². The zero-order valence-corrected chi connectivity index (χ0v) is 19.5. The predicted molar refractivity (Wildman–Crippen MR) is 123 cm³/mol. The molecule has 2 N–H and O–H groups in total. The minimum atomic E-state index is -1.16. The molecule has 2 atom stereocenters. The molecule has 178 valence electrons. The quantitative estimate of drug-likeness (QED) is 0.533. The van der Waals surface area contributed by atoms with Crippen molar-refractivity contribution in [1.82, 2.24) is 9.80 Å². The Morgan fingerprint density at radius 3 is 1.76 bits per heavy atom. The van der Waals surface area contributed by atoms with Gasteiger partial charge in [0.1, 0.15) is 42.5 Å². The van der Waals surface area contributed by atoms with Crippen molar-refractivity contribution in [1.29, 1.82) is 0 Å². The third-order valence-electron chi connectivity index (χ3n) is 5.74. The predicted octanol–water partition coefficient (Wildman–Crippen LogP) is 2.53. The van der Waals surface area contributed by atoms with E-state index in [9.17, 15) is 19.8 Å². The molecule has 33 heavy (non-hydrogen) atoms. The molecule has 2 unspecified atom stereocenters. The first-order valence-corrected chi connectivity index (χ1v) is 11.0. The lowest BCUT2D eigenvalue weighted by molar-refractivity contribution is -0.133. The summed E-state index contributed by atoms with van der Waals surface area (Å²) in [5.74, 6) is 0.849. The van der Waals surface area contributed by atoms with Gasteiger partial charge in [0.15, 0.2) is 0 Å². The van der Waals surface area contributed by atoms with E-state index in [1.807, 2.05) is 50.2 Å². The largest absolute Gasteiger partial charge is 0.491 e. The zero-order chi connectivity index (χ0) is 24.2. The number of aliphatic hydroxyl groups is 2. The Bertz CT molecular complexity index is 992. The van der Waals surface area contributed by atoms with Crippen LogP contribution in [0.15, 0.2) is 48.5 Å². The molecule has 2 aromatic carbocycles. The molecular formula is C25H32N2O6. The highest BCUT2D eigenvalue weighted by Crippen LogP contribution is 2.28. The lowest BCUT2D eigenvalue weighted by Crippen LogP contribution is -2.48. The molecule has 0 bridgehead atoms. The lowest BCUT2D eigenvalue weighted by atomic mass is 10.0. The van der Waals surface area contributed by atoms with Crippen molar-refractivity contribution < 1.29 is 29.3 Å². The van der Waals surface area contributed by atoms with Crippen LogP contribution in [0.2, 0.25) is 0 Å². The molecule has 1 aliphatic heterocycles. The number of nitrogens with zero attached hydrogens (tertiary/aromatic N) is 2. The van der Waals surface area contributed by atoms with Gasteiger partial charge in [-0.2, -0.15) is 0 Å². The van der Waals surface area contributed by atoms with Crippen molar-refractivity contribution in [2.24, 2.45) is 0 Å². The maximum Gasteiger partial charge on any atom is 0.327 e. The number of para-hydroxylation sites is 2. The second-order valence-corrected chi connectivity index (χ2v) is 8.83. The van der Waals surface area contributed by atoms with Crippen LogP contribution in [-0.4, -0.2) is 76.0 Å². The van der Waals surface area contributed by atoms with Crippen LogP contribution in [-0.2, 0) is 4.79 Å². The van der Waals surface area contributed by atoms with Gasteiger partial charge in [0.2, 0.25) is 0 Å². The standard InChI is InChI=1S/C25H32N2O6/c1-17-9-5-7-11-21(17)32-15-19(28)13-26-23(30)25(3,4)27(24(26)31)14-20(29)16-33-22-12-8-6-10-18(22)2/h5-12,19-20,28-29H,13-16H2,1-4H3. The molecule has 1 fully saturated rings. The second-order valence-electron chi connectivity index (χ2n) is 8.83. The normalized spacial score (nSPS) is 17.3. The summed E-state index contributed by atoms with van der Waals surface area (Å²) in [5, 5.41) is 20.9. The van der Waals surface area contributed by atoms with Crippen LogP contribution in [0.25, 0.3) is 0 Å². The molecule has 0 aromatic heterocycles. The Hall–Kier alpha value is -3.10. The van der Waals surface area contributed by atoms with Gasteiger partial charge in [-0.25, -0.2) is 4.79 Å². The van der Waals surface area contributed by atoms with E-state index >= 15 is 0 Å². The summed E-state index contributed by atoms with van der Waals surface area (Å²) in [7, 11) is 0. The van der Waals surface area contributed by atoms with Gasteiger partial charge in [0, 0.05) is 0 Å². The topological polar surface area (TPSA) is 99.5 Å². The molecule has 1 heterocycles. The van der Waals surface area contributed by atoms with E-state index in [1.165, 1.54) is 4.90 Å². The molecule has 8 heteroatoms. The first-order chi connectivity index (χ1) is 15.6. The SMILES string of the molecule is Cc1ccccc1OCC(O)CN1C(=O)N(CC(O)COc2ccccc2C)C(C)(C)C1=O. The number of aryl methyl sites for hydroxylation is 2. The van der Waals surface area contributed by atoms with E-state index in [0.717, 1.165) is 16.0 Å². The van der Waals surface area contributed by atoms with Crippen LogP contribution >= 0.6 is 0 Å². The Balaban J connectivity index is 1.58. The molecule has 0 aliphatic carbocycles. The number of rotatable bonds is 10. The molecular weight excluding hydrogens is 424 g/mol. The van der Waals surface area contributed by atoms with Crippen molar-refractivity contribution in [3.8, 4) is 11.5 Å². The molecule has 1 aliphatic rings. The average molecular weight is 457 g/mol. The average Bonchev–Trinajstić information content (AvgIpc) is 2.93. The minimum Gasteiger partial charge on any atom is -0.491 e. The van der Waals surface area contributed by atoms with Crippen molar-refractivity contribution in [3.63, 3.8) is 0 Å². The Morgan fingerprint density at radius 2 is 1.27 bits per heavy atom. The number of urea groups is 1. The van der Waals surface area contributed by atoms with Gasteiger partial charge in [0.05, 0.1) is 13.1 Å². The highest BCUT2D eigenvalue weighted by atomic mass is 16.5. The number of β-amino-alcohol motifs (C(OH)–C–C–N with tert-alkyl or cyclic N) is 2. The molecule has 1 saturated heterocycles. The molecule has 3 amide bonds. The summed E-state index contributed by atoms with van der Waals surface area (Å²) >= 11 is 0. The van der Waals surface area contributed by atoms with E-state index in [1.54, 1.807) is 26.0 Å². The van der Waals surface area contributed by atoms with Crippen LogP contribution in [0.5, 0.6) is 11.5 Å². The number of ether oxygens (including phenoxy) is 2. The van der Waals surface area contributed by atoms with Crippen LogP contribution in [0.1, 0.15) is 25.0 Å². The Morgan fingerprint density at radius 1 is 0.818 bits per heavy atom. The van der Waals surface area contributed by atoms with Gasteiger partial charge in [-0.1, -0.05) is 36.4 Å². The highest BCUT2D eigenvalue weighted by Gasteiger charge is 2.51. The maximum atomic E-state index is 13.0. The molecule has 0 radical (unpaired) electrons. The maximum absolute atomic E-state index is 13.0. The summed E-state index contributed by atoms with van der Waals surface area (Å²) in [5.41, 5.74) is 0.704. The fourth-order valence-corrected chi connectivity index (χ4v) is 3.72. The minimum absolute atomic E-state index is 0.0220. The van der Waals surface area contributed by atoms with Gasteiger partial charge in [0.25, 0.3) is 5.91 Å². The summed E-state index contributed by atoms with van der Waals surface area (Å²) in [4.78, 5) is 28.2. The third-order valence-corrected chi connectivity index (χ3v) is 5.74. The monoisotopic (exact) mass is 456 g/mol. The first kappa shape index (κ1) is 24.5. The number of imide groups is 1. The van der Waals surface area contributed by atoms with E-state index in [-0.39, 0.29) is 26.3 Å². The van der Waals surface area contributed by atoms with Crippen LogP contribution in [0.3, 0.4) is 0 Å². The summed E-state index contributed by atoms with van der Waals surface area (Å²) in [6, 6.07) is 14.3. The van der Waals surface area contributed by atoms with Crippen molar-refractivity contribution in [2.75, 3.05) is 26.3 Å². The van der Waals surface area contributed by atoms with Gasteiger partial charge in [-0.3, -0.25) is 9.69 Å². The zero-order valence-electron chi connectivity index (χ0n) is 19.5. The van der Waals surface area contributed by atoms with Gasteiger partial charge in [-0.05, 0) is 51.0 Å². The van der Waals surface area contributed by atoms with Crippen LogP contribution < -0.4 is 9.47 Å². The lowest BCUT2D eigenvalue weighted by Gasteiger charge is -2.29. The van der Waals surface area contributed by atoms with Crippen molar-refractivity contribution in [2.45, 2.75) is 45.4 Å². The second kappa shape index (κ2) is 10.2. The number of benzene rings is 2. The van der Waals surface area contributed by atoms with Crippen molar-refractivity contribution >= 4 is 11.9 Å². The number of amides is 3. The number of aliphatic hydroxyl groups excluding tert-OH is 2. The summed E-state index contributed by atoms with van der Waals surface area (Å²) in [6.07, 6.45) is -2.04. The van der Waals surface area contributed by atoms with Crippen molar-refractivity contribution in [3.05, 3.63) is 59.7 Å². The fraction of sp³-hybridized carbons (Fsp3) is 0.440. The third kappa shape index (κ3) is 5.64. The van der Waals surface area contributed by atoms with E-state index < -0.39 is 29.7 Å². The van der Waals surface area contributed by atoms with Gasteiger partial charge < -0.3 is 24.6 Å².